The first-order valence-corrected chi connectivity index (χ1v) is 10.1. The molecule has 0 bridgehead atoms. The van der Waals surface area contributed by atoms with Crippen LogP contribution in [-0.4, -0.2) is 49.0 Å². The number of carbonyl (C=O) groups is 3. The Morgan fingerprint density at radius 3 is 2.35 bits per heavy atom. The fourth-order valence-electron chi connectivity index (χ4n) is 1.77. The molecule has 0 spiro atoms. The van der Waals surface area contributed by atoms with Gasteiger partial charge in [-0.1, -0.05) is 0 Å². The van der Waals surface area contributed by atoms with Crippen LogP contribution in [0.15, 0.2) is 0 Å². The van der Waals surface area contributed by atoms with Crippen LogP contribution in [0.2, 0.25) is 5.32 Å². The number of rotatable bonds is 11. The summed E-state index contributed by atoms with van der Waals surface area (Å²) in [5.74, 6) is -1.24. The van der Waals surface area contributed by atoms with Crippen molar-refractivity contribution in [3.63, 3.8) is 0 Å². The van der Waals surface area contributed by atoms with Gasteiger partial charge in [-0.25, -0.2) is 0 Å². The second kappa shape index (κ2) is 11.5. The molecule has 1 amide bonds. The quantitative estimate of drug-likeness (QED) is 0.415. The predicted molar refractivity (Wildman–Crippen MR) is 89.7 cm³/mol. The van der Waals surface area contributed by atoms with Crippen LogP contribution < -0.4 is 5.32 Å². The van der Waals surface area contributed by atoms with Gasteiger partial charge in [0.1, 0.15) is 0 Å². The van der Waals surface area contributed by atoms with E-state index < -0.39 is 23.6 Å². The van der Waals surface area contributed by atoms with Gasteiger partial charge >= 0.3 is 144 Å². The van der Waals surface area contributed by atoms with E-state index in [-0.39, 0.29) is 19.6 Å². The van der Waals surface area contributed by atoms with E-state index >= 15 is 0 Å². The number of aliphatic carboxylic acids is 1. The number of alkyl carbamates (subject to hydrolysis) is 1. The molecule has 7 heteroatoms. The van der Waals surface area contributed by atoms with Crippen molar-refractivity contribution in [2.24, 2.45) is 5.92 Å². The van der Waals surface area contributed by atoms with Crippen LogP contribution in [0.4, 0.5) is 4.79 Å². The molecule has 0 fully saturated rings. The number of ether oxygens (including phenoxy) is 1. The summed E-state index contributed by atoms with van der Waals surface area (Å²) < 4.78 is 5.29. The van der Waals surface area contributed by atoms with E-state index in [9.17, 15) is 14.4 Å². The fraction of sp³-hybridized carbons (Fsp3) is 0.812. The van der Waals surface area contributed by atoms with E-state index in [1.807, 2.05) is 20.8 Å². The van der Waals surface area contributed by atoms with Crippen molar-refractivity contribution in [2.75, 3.05) is 6.54 Å². The first kappa shape index (κ1) is 21.9. The average Bonchev–Trinajstić information content (AvgIpc) is 2.42. The molecule has 0 aromatic heterocycles. The van der Waals surface area contributed by atoms with Crippen LogP contribution in [0.3, 0.4) is 0 Å². The van der Waals surface area contributed by atoms with E-state index in [0.29, 0.717) is 24.7 Å². The van der Waals surface area contributed by atoms with Crippen molar-refractivity contribution in [2.45, 2.75) is 70.7 Å². The first-order valence-electron chi connectivity index (χ1n) is 8.01. The molecule has 0 aromatic carbocycles. The van der Waals surface area contributed by atoms with Crippen molar-refractivity contribution in [1.29, 1.82) is 0 Å². The number of hydrogen-bond donors (Lipinski definition) is 2. The van der Waals surface area contributed by atoms with Gasteiger partial charge in [0.05, 0.1) is 0 Å². The van der Waals surface area contributed by atoms with Crippen molar-refractivity contribution in [3.05, 3.63) is 0 Å². The first-order chi connectivity index (χ1) is 10.7. The Balaban J connectivity index is 3.80. The Morgan fingerprint density at radius 1 is 1.17 bits per heavy atom. The van der Waals surface area contributed by atoms with Crippen molar-refractivity contribution in [3.8, 4) is 0 Å². The monoisotopic (exact) mass is 395 g/mol. The van der Waals surface area contributed by atoms with Gasteiger partial charge in [0.25, 0.3) is 0 Å². The van der Waals surface area contributed by atoms with Crippen LogP contribution in [-0.2, 0) is 14.3 Å². The number of carbonyl (C=O) groups excluding carboxylic acids is 2. The molecular weight excluding hydrogens is 365 g/mol. The van der Waals surface area contributed by atoms with Crippen LogP contribution in [0.5, 0.6) is 0 Å². The molecule has 134 valence electrons. The van der Waals surface area contributed by atoms with Crippen LogP contribution in [0.1, 0.15) is 59.8 Å². The molecule has 0 radical (unpaired) electrons. The fourth-order valence-corrected chi connectivity index (χ4v) is 3.66. The minimum atomic E-state index is -0.817. The number of unbranched alkanes of at least 4 members (excludes halogenated alkanes) is 2. The van der Waals surface area contributed by atoms with Gasteiger partial charge in [0, 0.05) is 0 Å². The Morgan fingerprint density at radius 2 is 1.83 bits per heavy atom. The van der Waals surface area contributed by atoms with E-state index in [1.165, 1.54) is 0 Å². The molecule has 1 unspecified atom stereocenters. The molecule has 0 heterocycles. The Hall–Kier alpha value is -1.07. The molecule has 0 saturated carbocycles. The Labute approximate surface area is 144 Å². The summed E-state index contributed by atoms with van der Waals surface area (Å²) in [7, 11) is 0. The van der Waals surface area contributed by atoms with Gasteiger partial charge in [0.15, 0.2) is 0 Å². The zero-order chi connectivity index (χ0) is 17.9. The molecule has 0 saturated heterocycles. The summed E-state index contributed by atoms with van der Waals surface area (Å²) in [5.41, 5.74) is -0.504. The third-order valence-corrected chi connectivity index (χ3v) is 5.46. The Bertz CT molecular complexity index is 392. The van der Waals surface area contributed by atoms with Crippen molar-refractivity contribution >= 4 is 31.7 Å². The Kier molecular flexibility index (Phi) is 10.9. The molecule has 6 nitrogen and oxygen atoms in total. The summed E-state index contributed by atoms with van der Waals surface area (Å²) in [6.45, 7) is 7.75. The molecule has 0 rings (SSSR count). The molecular formula is C16H29NO5Se. The second-order valence-electron chi connectivity index (χ2n) is 6.35. The maximum atomic E-state index is 11.4. The van der Waals surface area contributed by atoms with Crippen LogP contribution in [0, 0.1) is 5.92 Å². The SMILES string of the molecule is CCC(=O)[Se]CC(CCCCCNC(=O)OC(C)(C)C)C(=O)O. The molecule has 23 heavy (non-hydrogen) atoms. The van der Waals surface area contributed by atoms with E-state index in [2.05, 4.69) is 5.32 Å². The normalized spacial score (nSPS) is 12.5. The summed E-state index contributed by atoms with van der Waals surface area (Å²) in [5, 5.41) is 12.3. The van der Waals surface area contributed by atoms with Crippen LogP contribution in [0.25, 0.3) is 0 Å². The number of carboxylic acid groups (broad SMARTS) is 1. The van der Waals surface area contributed by atoms with E-state index in [4.69, 9.17) is 9.84 Å². The minimum absolute atomic E-state index is 0.172. The van der Waals surface area contributed by atoms with Gasteiger partial charge in [-0.3, -0.25) is 0 Å². The van der Waals surface area contributed by atoms with Crippen LogP contribution >= 0.6 is 0 Å². The van der Waals surface area contributed by atoms with Crippen molar-refractivity contribution < 1.29 is 24.2 Å². The molecule has 0 aliphatic carbocycles. The summed E-state index contributed by atoms with van der Waals surface area (Å²) in [6, 6.07) is 0. The third kappa shape index (κ3) is 13.1. The summed E-state index contributed by atoms with van der Waals surface area (Å²) >= 11 is -0.226. The maximum absolute atomic E-state index is 11.4. The standard InChI is InChI=1S/C16H29NO5Se/c1-5-13(18)23-11-12(14(19)20)9-7-6-8-10-17-15(21)22-16(2,3)4/h12H,5-11H2,1-4H3,(H,17,21)(H,19,20). The second-order valence-corrected chi connectivity index (χ2v) is 8.61. The van der Waals surface area contributed by atoms with E-state index in [0.717, 1.165) is 19.3 Å². The average molecular weight is 394 g/mol. The molecule has 2 N–H and O–H groups in total. The molecule has 0 aliphatic heterocycles. The van der Waals surface area contributed by atoms with Gasteiger partial charge < -0.3 is 0 Å². The predicted octanol–water partition coefficient (Wildman–Crippen LogP) is 2.83. The zero-order valence-corrected chi connectivity index (χ0v) is 16.2. The van der Waals surface area contributed by atoms with Gasteiger partial charge in [0.2, 0.25) is 0 Å². The van der Waals surface area contributed by atoms with Gasteiger partial charge in [-0.05, 0) is 0 Å². The zero-order valence-electron chi connectivity index (χ0n) is 14.5. The number of nitrogens with one attached hydrogen (secondary N) is 1. The molecule has 1 atom stereocenters. The topological polar surface area (TPSA) is 92.7 Å². The summed E-state index contributed by atoms with van der Waals surface area (Å²) in [4.78, 5) is 33.9. The number of hydrogen-bond acceptors (Lipinski definition) is 4. The summed E-state index contributed by atoms with van der Waals surface area (Å²) in [6.07, 6.45) is 3.05. The van der Waals surface area contributed by atoms with Crippen molar-refractivity contribution in [1.82, 2.24) is 5.32 Å². The van der Waals surface area contributed by atoms with E-state index in [1.54, 1.807) is 6.92 Å². The number of carboxylic acids is 1. The molecule has 0 aromatic rings. The van der Waals surface area contributed by atoms with Gasteiger partial charge in [-0.15, -0.1) is 0 Å². The number of amides is 1. The van der Waals surface area contributed by atoms with Gasteiger partial charge in [-0.2, -0.15) is 0 Å². The third-order valence-electron chi connectivity index (χ3n) is 2.98. The molecule has 0 aliphatic rings.